The summed E-state index contributed by atoms with van der Waals surface area (Å²) in [5.74, 6) is 2.16. The molecule has 2 aromatic heterocycles. The molecule has 0 bridgehead atoms. The quantitative estimate of drug-likeness (QED) is 0.668. The monoisotopic (exact) mass is 317 g/mol. The maximum atomic E-state index is 5.81. The van der Waals surface area contributed by atoms with Crippen molar-refractivity contribution in [3.63, 3.8) is 0 Å². The van der Waals surface area contributed by atoms with E-state index in [1.807, 2.05) is 18.5 Å². The number of nitrogens with zero attached hydrogens (tertiary/aromatic N) is 4. The fraction of sp³-hybridized carbons (Fsp3) is 0.444. The van der Waals surface area contributed by atoms with Crippen LogP contribution >= 0.6 is 22.6 Å². The van der Waals surface area contributed by atoms with Crippen molar-refractivity contribution < 1.29 is 0 Å². The summed E-state index contributed by atoms with van der Waals surface area (Å²) in [6, 6.07) is 0. The van der Waals surface area contributed by atoms with E-state index in [4.69, 9.17) is 5.73 Å². The number of rotatable bonds is 2. The van der Waals surface area contributed by atoms with Crippen LogP contribution in [0, 0.1) is 6.92 Å². The van der Waals surface area contributed by atoms with Gasteiger partial charge in [-0.2, -0.15) is 0 Å². The second kappa shape index (κ2) is 3.92. The van der Waals surface area contributed by atoms with E-state index in [0.717, 1.165) is 22.3 Å². The third kappa shape index (κ3) is 1.77. The van der Waals surface area contributed by atoms with Gasteiger partial charge in [0.05, 0.1) is 0 Å². The average molecular weight is 317 g/mol. The van der Waals surface area contributed by atoms with E-state index in [-0.39, 0.29) is 0 Å². The molecule has 0 saturated carbocycles. The Morgan fingerprint density at radius 1 is 1.33 bits per heavy atom. The van der Waals surface area contributed by atoms with Crippen molar-refractivity contribution in [2.45, 2.75) is 13.3 Å². The third-order valence-corrected chi connectivity index (χ3v) is 2.81. The van der Waals surface area contributed by atoms with Crippen LogP contribution < -0.4 is 5.73 Å². The number of hydrogen-bond acceptors (Lipinski definition) is 4. The van der Waals surface area contributed by atoms with Crippen LogP contribution in [0.2, 0.25) is 0 Å². The molecular formula is C9H12IN5. The number of nitrogen functional groups attached to an aromatic ring is 1. The second-order valence-corrected chi connectivity index (χ2v) is 4.43. The van der Waals surface area contributed by atoms with Crippen molar-refractivity contribution in [1.29, 1.82) is 0 Å². The van der Waals surface area contributed by atoms with Crippen molar-refractivity contribution in [2.24, 2.45) is 7.05 Å². The van der Waals surface area contributed by atoms with Gasteiger partial charge in [0.25, 0.3) is 0 Å². The van der Waals surface area contributed by atoms with Gasteiger partial charge in [-0.3, -0.25) is 0 Å². The van der Waals surface area contributed by atoms with Crippen LogP contribution in [0.15, 0.2) is 0 Å². The normalized spacial score (nSPS) is 11.1. The number of hydrogen-bond donors (Lipinski definition) is 1. The Kier molecular flexibility index (Phi) is 2.76. The van der Waals surface area contributed by atoms with E-state index >= 15 is 0 Å². The minimum atomic E-state index is 0.466. The van der Waals surface area contributed by atoms with Gasteiger partial charge in [-0.1, -0.05) is 22.6 Å². The van der Waals surface area contributed by atoms with Crippen molar-refractivity contribution >= 4 is 39.6 Å². The summed E-state index contributed by atoms with van der Waals surface area (Å²) in [5, 5.41) is 0. The van der Waals surface area contributed by atoms with Gasteiger partial charge >= 0.3 is 0 Å². The molecule has 0 saturated heterocycles. The zero-order valence-electron chi connectivity index (χ0n) is 8.66. The molecule has 0 aliphatic heterocycles. The van der Waals surface area contributed by atoms with Gasteiger partial charge in [0.1, 0.15) is 11.6 Å². The number of fused-ring (bicyclic) bond motifs is 1. The maximum absolute atomic E-state index is 5.81. The Hall–Kier alpha value is -0.920. The zero-order chi connectivity index (χ0) is 11.0. The minimum Gasteiger partial charge on any atom is -0.382 e. The fourth-order valence-electron chi connectivity index (χ4n) is 1.55. The summed E-state index contributed by atoms with van der Waals surface area (Å²) in [4.78, 5) is 12.9. The molecule has 5 nitrogen and oxygen atoms in total. The first-order valence-electron chi connectivity index (χ1n) is 4.65. The Labute approximate surface area is 101 Å². The van der Waals surface area contributed by atoms with Crippen LogP contribution in [0.1, 0.15) is 11.6 Å². The molecule has 0 radical (unpaired) electrons. The molecule has 6 heteroatoms. The highest BCUT2D eigenvalue weighted by Crippen LogP contribution is 2.18. The van der Waals surface area contributed by atoms with Gasteiger partial charge in [0.2, 0.25) is 0 Å². The standard InChI is InChI=1S/C9H12IN5/c1-5-12-8(11)7-9(13-5)15(2)6(14-7)3-4-10/h3-4H2,1-2H3,(H2,11,12,13). The Morgan fingerprint density at radius 2 is 2.07 bits per heavy atom. The number of alkyl halides is 1. The van der Waals surface area contributed by atoms with E-state index in [0.29, 0.717) is 17.2 Å². The Morgan fingerprint density at radius 3 is 2.73 bits per heavy atom. The predicted octanol–water partition coefficient (Wildman–Crippen LogP) is 1.23. The molecule has 0 fully saturated rings. The van der Waals surface area contributed by atoms with Crippen molar-refractivity contribution in [2.75, 3.05) is 10.2 Å². The molecule has 80 valence electrons. The van der Waals surface area contributed by atoms with Gasteiger partial charge in [-0.25, -0.2) is 15.0 Å². The van der Waals surface area contributed by atoms with E-state index in [2.05, 4.69) is 37.5 Å². The predicted molar refractivity (Wildman–Crippen MR) is 68.0 cm³/mol. The number of imidazole rings is 1. The van der Waals surface area contributed by atoms with Crippen LogP contribution in [-0.4, -0.2) is 23.9 Å². The van der Waals surface area contributed by atoms with Crippen molar-refractivity contribution in [3.05, 3.63) is 11.6 Å². The van der Waals surface area contributed by atoms with Gasteiger partial charge in [0.15, 0.2) is 17.0 Å². The lowest BCUT2D eigenvalue weighted by atomic mass is 10.5. The lowest BCUT2D eigenvalue weighted by Gasteiger charge is -1.99. The van der Waals surface area contributed by atoms with E-state index < -0.39 is 0 Å². The van der Waals surface area contributed by atoms with Crippen LogP contribution in [0.25, 0.3) is 11.2 Å². The second-order valence-electron chi connectivity index (χ2n) is 3.35. The summed E-state index contributed by atoms with van der Waals surface area (Å²) < 4.78 is 3.01. The third-order valence-electron chi connectivity index (χ3n) is 2.27. The number of aromatic nitrogens is 4. The molecule has 0 unspecified atom stereocenters. The first-order chi connectivity index (χ1) is 7.13. The maximum Gasteiger partial charge on any atom is 0.165 e. The first-order valence-corrected chi connectivity index (χ1v) is 6.17. The number of halogens is 1. The molecule has 2 rings (SSSR count). The van der Waals surface area contributed by atoms with E-state index in [1.165, 1.54) is 0 Å². The van der Waals surface area contributed by atoms with Crippen LogP contribution in [0.4, 0.5) is 5.82 Å². The molecule has 0 aliphatic rings. The topological polar surface area (TPSA) is 69.6 Å². The van der Waals surface area contributed by atoms with Gasteiger partial charge in [-0.15, -0.1) is 0 Å². The summed E-state index contributed by atoms with van der Waals surface area (Å²) >= 11 is 2.33. The Balaban J connectivity index is 2.70. The molecule has 0 spiro atoms. The smallest absolute Gasteiger partial charge is 0.165 e. The van der Waals surface area contributed by atoms with E-state index in [1.54, 1.807) is 0 Å². The summed E-state index contributed by atoms with van der Waals surface area (Å²) in [6.07, 6.45) is 0.923. The highest BCUT2D eigenvalue weighted by atomic mass is 127. The molecule has 0 atom stereocenters. The zero-order valence-corrected chi connectivity index (χ0v) is 10.8. The van der Waals surface area contributed by atoms with Crippen molar-refractivity contribution in [3.8, 4) is 0 Å². The molecule has 2 heterocycles. The molecule has 0 aromatic carbocycles. The molecular weight excluding hydrogens is 305 g/mol. The lowest BCUT2D eigenvalue weighted by Crippen LogP contribution is -2.00. The van der Waals surface area contributed by atoms with Crippen molar-refractivity contribution in [1.82, 2.24) is 19.5 Å². The lowest BCUT2D eigenvalue weighted by molar-refractivity contribution is 0.826. The fourth-order valence-corrected chi connectivity index (χ4v) is 2.03. The average Bonchev–Trinajstić information content (AvgIpc) is 2.47. The molecule has 2 aromatic rings. The number of nitrogens with two attached hydrogens (primary N) is 1. The van der Waals surface area contributed by atoms with E-state index in [9.17, 15) is 0 Å². The molecule has 0 amide bonds. The summed E-state index contributed by atoms with van der Waals surface area (Å²) in [7, 11) is 1.96. The first kappa shape index (κ1) is 10.6. The highest BCUT2D eigenvalue weighted by Gasteiger charge is 2.12. The molecule has 2 N–H and O–H groups in total. The van der Waals surface area contributed by atoms with Crippen LogP contribution in [-0.2, 0) is 13.5 Å². The summed E-state index contributed by atoms with van der Waals surface area (Å²) in [5.41, 5.74) is 7.34. The van der Waals surface area contributed by atoms with Gasteiger partial charge in [0, 0.05) is 17.9 Å². The largest absolute Gasteiger partial charge is 0.382 e. The van der Waals surface area contributed by atoms with Gasteiger partial charge in [-0.05, 0) is 6.92 Å². The highest BCUT2D eigenvalue weighted by molar-refractivity contribution is 14.1. The SMILES string of the molecule is Cc1nc(N)c2nc(CCI)n(C)c2n1. The summed E-state index contributed by atoms with van der Waals surface area (Å²) in [6.45, 7) is 1.83. The van der Waals surface area contributed by atoms with Gasteiger partial charge < -0.3 is 10.3 Å². The molecule has 15 heavy (non-hydrogen) atoms. The minimum absolute atomic E-state index is 0.466. The van der Waals surface area contributed by atoms with Crippen LogP contribution in [0.3, 0.4) is 0 Å². The van der Waals surface area contributed by atoms with Crippen LogP contribution in [0.5, 0.6) is 0 Å². The number of aryl methyl sites for hydroxylation is 3. The molecule has 0 aliphatic carbocycles. The Bertz CT molecular complexity index is 505. The number of anilines is 1.